The molecule has 0 aliphatic rings. The van der Waals surface area contributed by atoms with Crippen LogP contribution in [0.1, 0.15) is 131 Å². The summed E-state index contributed by atoms with van der Waals surface area (Å²) in [6.07, 6.45) is 14.8. The zero-order valence-corrected chi connectivity index (χ0v) is 21.9. The monoisotopic (exact) mass is 466 g/mol. The Hall–Kier alpha value is -0.210. The summed E-state index contributed by atoms with van der Waals surface area (Å²) in [5.41, 5.74) is 0. The third-order valence-corrected chi connectivity index (χ3v) is 6.22. The normalized spacial score (nSPS) is 16.2. The molecule has 4 atom stereocenters. The van der Waals surface area contributed by atoms with Crippen molar-refractivity contribution in [1.82, 2.24) is 0 Å². The van der Waals surface area contributed by atoms with E-state index in [2.05, 4.69) is 36.4 Å². The zero-order valence-electron chi connectivity index (χ0n) is 21.1. The summed E-state index contributed by atoms with van der Waals surface area (Å²) < 4.78 is 33.2. The molecule has 0 saturated heterocycles. The van der Waals surface area contributed by atoms with E-state index >= 15 is 0 Å². The molecule has 6 nitrogen and oxygen atoms in total. The van der Waals surface area contributed by atoms with E-state index in [-0.39, 0.29) is 12.2 Å². The summed E-state index contributed by atoms with van der Waals surface area (Å²) in [6, 6.07) is 0. The van der Waals surface area contributed by atoms with Crippen LogP contribution in [0.25, 0.3) is 0 Å². The first-order valence-corrected chi connectivity index (χ1v) is 14.1. The molecule has 7 heteroatoms. The molecular formula is C24H50O6S. The van der Waals surface area contributed by atoms with E-state index in [1.54, 1.807) is 0 Å². The minimum atomic E-state index is -4.35. The largest absolute Gasteiger partial charge is 0.453 e. The second kappa shape index (κ2) is 19.3. The van der Waals surface area contributed by atoms with Crippen LogP contribution in [-0.4, -0.2) is 20.6 Å². The van der Waals surface area contributed by atoms with Crippen LogP contribution in [0.4, 0.5) is 0 Å². The predicted molar refractivity (Wildman–Crippen MR) is 126 cm³/mol. The molecule has 0 spiro atoms. The summed E-state index contributed by atoms with van der Waals surface area (Å²) >= 11 is 0. The van der Waals surface area contributed by atoms with Gasteiger partial charge in [-0.25, -0.2) is 9.78 Å². The van der Waals surface area contributed by atoms with Gasteiger partial charge in [0.25, 0.3) is 0 Å². The van der Waals surface area contributed by atoms with Crippen LogP contribution in [0.15, 0.2) is 0 Å². The van der Waals surface area contributed by atoms with Crippen LogP contribution in [0.5, 0.6) is 0 Å². The average molecular weight is 467 g/mol. The zero-order chi connectivity index (χ0) is 23.5. The fourth-order valence-corrected chi connectivity index (χ4v) is 4.69. The molecular weight excluding hydrogens is 416 g/mol. The second-order valence-corrected chi connectivity index (χ2v) is 10.2. The molecule has 0 saturated carbocycles. The summed E-state index contributed by atoms with van der Waals surface area (Å²) in [5.74, 6) is 1.02. The highest BCUT2D eigenvalue weighted by atomic mass is 32.3. The number of rotatable bonds is 22. The SMILES string of the molecule is CCCCCC(CCC)CC(C)OOS(=O)(=O)OOC(C)CC(CCC)CCCCC. The Morgan fingerprint density at radius 2 is 0.968 bits per heavy atom. The molecule has 0 aromatic rings. The second-order valence-electron chi connectivity index (χ2n) is 9.13. The van der Waals surface area contributed by atoms with Crippen LogP contribution in [0, 0.1) is 11.8 Å². The average Bonchev–Trinajstić information content (AvgIpc) is 2.72. The van der Waals surface area contributed by atoms with Crippen molar-refractivity contribution in [2.45, 2.75) is 144 Å². The lowest BCUT2D eigenvalue weighted by Crippen LogP contribution is -2.21. The van der Waals surface area contributed by atoms with Crippen molar-refractivity contribution in [2.24, 2.45) is 11.8 Å². The van der Waals surface area contributed by atoms with Gasteiger partial charge in [0.15, 0.2) is 0 Å². The molecule has 0 N–H and O–H groups in total. The molecule has 0 aliphatic carbocycles. The third-order valence-electron chi connectivity index (χ3n) is 5.73. The smallest absolute Gasteiger partial charge is 0.215 e. The van der Waals surface area contributed by atoms with Crippen molar-refractivity contribution < 1.29 is 26.9 Å². The molecule has 0 aliphatic heterocycles. The van der Waals surface area contributed by atoms with Gasteiger partial charge in [0.2, 0.25) is 0 Å². The predicted octanol–water partition coefficient (Wildman–Crippen LogP) is 7.68. The summed E-state index contributed by atoms with van der Waals surface area (Å²) in [5, 5.41) is 0. The molecule has 0 aromatic carbocycles. The maximum atomic E-state index is 12.0. The molecule has 31 heavy (non-hydrogen) atoms. The summed E-state index contributed by atoms with van der Waals surface area (Å²) in [4.78, 5) is 10.2. The lowest BCUT2D eigenvalue weighted by atomic mass is 9.91. The Balaban J connectivity index is 4.34. The highest BCUT2D eigenvalue weighted by molar-refractivity contribution is 7.81. The Labute approximate surface area is 192 Å². The Kier molecular flexibility index (Phi) is 19.1. The highest BCUT2D eigenvalue weighted by Crippen LogP contribution is 2.24. The van der Waals surface area contributed by atoms with E-state index in [9.17, 15) is 8.42 Å². The molecule has 188 valence electrons. The highest BCUT2D eigenvalue weighted by Gasteiger charge is 2.22. The Morgan fingerprint density at radius 3 is 1.29 bits per heavy atom. The van der Waals surface area contributed by atoms with Gasteiger partial charge in [-0.2, -0.15) is 8.42 Å². The number of hydrogen-bond donors (Lipinski definition) is 0. The van der Waals surface area contributed by atoms with Crippen molar-refractivity contribution in [3.05, 3.63) is 0 Å². The first-order valence-electron chi connectivity index (χ1n) is 12.7. The summed E-state index contributed by atoms with van der Waals surface area (Å²) in [7, 11) is -4.35. The van der Waals surface area contributed by atoms with Crippen LogP contribution >= 0.6 is 0 Å². The van der Waals surface area contributed by atoms with Gasteiger partial charge in [-0.1, -0.05) is 113 Å². The van der Waals surface area contributed by atoms with Crippen LogP contribution < -0.4 is 0 Å². The standard InChI is InChI=1S/C24H50O6S/c1-7-11-13-17-23(15-9-3)19-21(5)27-29-31(25,26)30-28-22(6)20-24(16-10-4)18-14-12-8-2/h21-24H,7-20H2,1-6H3. The van der Waals surface area contributed by atoms with Gasteiger partial charge in [-0.3, -0.25) is 0 Å². The molecule has 0 aromatic heterocycles. The quantitative estimate of drug-likeness (QED) is 0.0925. The lowest BCUT2D eigenvalue weighted by Gasteiger charge is -2.21. The van der Waals surface area contributed by atoms with E-state index in [1.165, 1.54) is 38.5 Å². The molecule has 0 radical (unpaired) electrons. The fourth-order valence-electron chi connectivity index (χ4n) is 4.20. The molecule has 0 fully saturated rings. The number of hydrogen-bond acceptors (Lipinski definition) is 6. The minimum Gasteiger partial charge on any atom is -0.215 e. The maximum absolute atomic E-state index is 12.0. The van der Waals surface area contributed by atoms with Crippen molar-refractivity contribution >= 4 is 10.4 Å². The molecule has 0 amide bonds. The van der Waals surface area contributed by atoms with Gasteiger partial charge in [-0.15, -0.1) is 0 Å². The van der Waals surface area contributed by atoms with E-state index in [0.717, 1.165) is 51.4 Å². The van der Waals surface area contributed by atoms with Gasteiger partial charge in [0, 0.05) is 0 Å². The topological polar surface area (TPSA) is 71.1 Å². The van der Waals surface area contributed by atoms with E-state index < -0.39 is 10.4 Å². The van der Waals surface area contributed by atoms with E-state index in [4.69, 9.17) is 9.78 Å². The van der Waals surface area contributed by atoms with Gasteiger partial charge in [-0.05, 0) is 38.5 Å². The Morgan fingerprint density at radius 1 is 0.581 bits per heavy atom. The van der Waals surface area contributed by atoms with Gasteiger partial charge in [0.1, 0.15) is 0 Å². The fraction of sp³-hybridized carbons (Fsp3) is 1.00. The molecule has 0 bridgehead atoms. The maximum Gasteiger partial charge on any atom is 0.453 e. The van der Waals surface area contributed by atoms with Gasteiger partial charge >= 0.3 is 10.4 Å². The first kappa shape index (κ1) is 30.8. The van der Waals surface area contributed by atoms with Gasteiger partial charge < -0.3 is 0 Å². The van der Waals surface area contributed by atoms with Crippen LogP contribution in [0.2, 0.25) is 0 Å². The van der Waals surface area contributed by atoms with Crippen molar-refractivity contribution in [3.8, 4) is 0 Å². The Bertz CT molecular complexity index is 458. The van der Waals surface area contributed by atoms with Crippen molar-refractivity contribution in [3.63, 3.8) is 0 Å². The summed E-state index contributed by atoms with van der Waals surface area (Å²) in [6.45, 7) is 12.4. The van der Waals surface area contributed by atoms with Gasteiger partial charge in [0.05, 0.1) is 12.2 Å². The lowest BCUT2D eigenvalue weighted by molar-refractivity contribution is -0.291. The molecule has 0 rings (SSSR count). The van der Waals surface area contributed by atoms with Crippen LogP contribution in [-0.2, 0) is 28.8 Å². The number of unbranched alkanes of at least 4 members (excludes halogenated alkanes) is 4. The minimum absolute atomic E-state index is 0.332. The third kappa shape index (κ3) is 18.0. The first-order chi connectivity index (χ1) is 14.8. The van der Waals surface area contributed by atoms with Crippen molar-refractivity contribution in [2.75, 3.05) is 0 Å². The van der Waals surface area contributed by atoms with Crippen LogP contribution in [0.3, 0.4) is 0 Å². The molecule has 4 unspecified atom stereocenters. The molecule has 0 heterocycles. The van der Waals surface area contributed by atoms with E-state index in [1.807, 2.05) is 13.8 Å². The van der Waals surface area contributed by atoms with Crippen molar-refractivity contribution in [1.29, 1.82) is 0 Å². The van der Waals surface area contributed by atoms with E-state index in [0.29, 0.717) is 11.8 Å².